The topological polar surface area (TPSA) is 126 Å². The van der Waals surface area contributed by atoms with E-state index in [1.54, 1.807) is 7.11 Å². The fraction of sp³-hybridized carbons (Fsp3) is 0.455. The molecule has 0 aliphatic heterocycles. The number of H-pyrrole nitrogens is 1. The number of hydrogen-bond donors (Lipinski definition) is 3. The smallest absolute Gasteiger partial charge is 0.202 e. The maximum atomic E-state index is 8.94. The largest absolute Gasteiger partial charge is 0.381 e. The molecule has 0 unspecified atom stereocenters. The Balaban J connectivity index is 1.77. The maximum Gasteiger partial charge on any atom is 0.202 e. The summed E-state index contributed by atoms with van der Waals surface area (Å²) < 4.78 is 9.09. The Labute approximate surface area is 120 Å². The third-order valence-electron chi connectivity index (χ3n) is 2.60. The number of methoxy groups -OCH3 is 1. The third-order valence-corrected chi connectivity index (χ3v) is 3.31. The summed E-state index contributed by atoms with van der Waals surface area (Å²) in [7, 11) is 1.61. The molecule has 0 atom stereocenters. The summed E-state index contributed by atoms with van der Waals surface area (Å²) in [6, 6.07) is 2.05. The molecule has 20 heavy (non-hydrogen) atoms. The lowest BCUT2D eigenvalue weighted by Gasteiger charge is -2.01. The van der Waals surface area contributed by atoms with Gasteiger partial charge >= 0.3 is 0 Å². The van der Waals surface area contributed by atoms with Gasteiger partial charge in [0.25, 0.3) is 0 Å². The molecule has 2 heterocycles. The van der Waals surface area contributed by atoms with Gasteiger partial charge in [0.2, 0.25) is 5.13 Å². The van der Waals surface area contributed by atoms with E-state index in [2.05, 4.69) is 24.9 Å². The molecule has 8 nitrogen and oxygen atoms in total. The number of ether oxygens (including phenoxy) is 1. The second-order valence-corrected chi connectivity index (χ2v) is 4.81. The lowest BCUT2D eigenvalue weighted by atomic mass is 10.1. The Morgan fingerprint density at radius 3 is 3.15 bits per heavy atom. The maximum absolute atomic E-state index is 8.94. The van der Waals surface area contributed by atoms with Gasteiger partial charge in [-0.3, -0.25) is 5.10 Å². The number of nitrogens with two attached hydrogens (primary N) is 1. The number of nitrogens with zero attached hydrogens (tertiary/aromatic N) is 4. The van der Waals surface area contributed by atoms with E-state index in [0.717, 1.165) is 23.8 Å². The highest BCUT2D eigenvalue weighted by Gasteiger charge is 2.09. The van der Waals surface area contributed by atoms with Crippen molar-refractivity contribution >= 4 is 22.5 Å². The minimum Gasteiger partial charge on any atom is -0.381 e. The molecule has 0 aliphatic carbocycles. The van der Waals surface area contributed by atoms with Gasteiger partial charge in [-0.2, -0.15) is 14.7 Å². The third kappa shape index (κ3) is 3.43. The van der Waals surface area contributed by atoms with Gasteiger partial charge in [-0.1, -0.05) is 0 Å². The highest BCUT2D eigenvalue weighted by atomic mass is 32.1. The van der Waals surface area contributed by atoms with Crippen LogP contribution < -0.4 is 11.1 Å². The molecule has 0 saturated heterocycles. The van der Waals surface area contributed by atoms with Crippen LogP contribution in [0.15, 0.2) is 0 Å². The Morgan fingerprint density at radius 1 is 1.55 bits per heavy atom. The van der Waals surface area contributed by atoms with Crippen LogP contribution in [0.3, 0.4) is 0 Å². The standard InChI is InChI=1S/C11H15N7OS/c1-19-6-9-15-11(20-18-9)14-4-2-3-8-7(5-12)10(13)17-16-8/h2-4,6H2,1H3,(H3,13,16,17)(H,14,15,18). The molecular formula is C11H15N7OS. The number of nitrogens with one attached hydrogen (secondary N) is 2. The van der Waals surface area contributed by atoms with Crippen molar-refractivity contribution in [2.24, 2.45) is 0 Å². The van der Waals surface area contributed by atoms with E-state index in [1.165, 1.54) is 11.5 Å². The van der Waals surface area contributed by atoms with Crippen LogP contribution in [0, 0.1) is 11.3 Å². The highest BCUT2D eigenvalue weighted by Crippen LogP contribution is 2.14. The zero-order valence-electron chi connectivity index (χ0n) is 11.0. The summed E-state index contributed by atoms with van der Waals surface area (Å²) in [5.74, 6) is 0.928. The number of nitriles is 1. The Kier molecular flexibility index (Phi) is 4.86. The molecule has 2 rings (SSSR count). The summed E-state index contributed by atoms with van der Waals surface area (Å²) in [5.41, 5.74) is 6.77. The number of nitrogen functional groups attached to an aromatic ring is 1. The van der Waals surface area contributed by atoms with Crippen LogP contribution in [0.5, 0.6) is 0 Å². The zero-order valence-corrected chi connectivity index (χ0v) is 11.8. The predicted molar refractivity (Wildman–Crippen MR) is 75.1 cm³/mol. The average Bonchev–Trinajstić information content (AvgIpc) is 3.02. The molecule has 0 radical (unpaired) electrons. The lowest BCUT2D eigenvalue weighted by Crippen LogP contribution is -2.04. The molecule has 0 bridgehead atoms. The number of aromatic amines is 1. The molecule has 0 amide bonds. The Morgan fingerprint density at radius 2 is 2.40 bits per heavy atom. The van der Waals surface area contributed by atoms with Crippen molar-refractivity contribution in [2.75, 3.05) is 24.7 Å². The van der Waals surface area contributed by atoms with Crippen LogP contribution in [-0.2, 0) is 17.8 Å². The van der Waals surface area contributed by atoms with Gasteiger partial charge in [0.1, 0.15) is 18.2 Å². The molecule has 106 valence electrons. The van der Waals surface area contributed by atoms with E-state index in [1.807, 2.05) is 6.07 Å². The van der Waals surface area contributed by atoms with Gasteiger partial charge in [-0.25, -0.2) is 4.98 Å². The van der Waals surface area contributed by atoms with E-state index in [-0.39, 0.29) is 5.82 Å². The summed E-state index contributed by atoms with van der Waals surface area (Å²) in [6.07, 6.45) is 1.53. The summed E-state index contributed by atoms with van der Waals surface area (Å²) >= 11 is 1.30. The van der Waals surface area contributed by atoms with E-state index in [9.17, 15) is 0 Å². The van der Waals surface area contributed by atoms with Crippen molar-refractivity contribution in [3.63, 3.8) is 0 Å². The number of rotatable bonds is 7. The van der Waals surface area contributed by atoms with Gasteiger partial charge in [-0.05, 0) is 12.8 Å². The second-order valence-electron chi connectivity index (χ2n) is 4.05. The number of aromatic nitrogens is 4. The van der Waals surface area contributed by atoms with Crippen LogP contribution in [-0.4, -0.2) is 33.2 Å². The minimum absolute atomic E-state index is 0.254. The van der Waals surface area contributed by atoms with Crippen molar-refractivity contribution in [3.05, 3.63) is 17.1 Å². The van der Waals surface area contributed by atoms with Crippen molar-refractivity contribution in [1.29, 1.82) is 5.26 Å². The monoisotopic (exact) mass is 293 g/mol. The Bertz CT molecular complexity index is 600. The normalized spacial score (nSPS) is 10.4. The van der Waals surface area contributed by atoms with Crippen molar-refractivity contribution in [3.8, 4) is 6.07 Å². The first kappa shape index (κ1) is 14.2. The molecule has 0 spiro atoms. The van der Waals surface area contributed by atoms with Crippen molar-refractivity contribution in [1.82, 2.24) is 19.6 Å². The van der Waals surface area contributed by atoms with Crippen LogP contribution >= 0.6 is 11.5 Å². The van der Waals surface area contributed by atoms with Gasteiger partial charge in [-0.15, -0.1) is 0 Å². The van der Waals surface area contributed by atoms with E-state index < -0.39 is 0 Å². The molecule has 0 aliphatic rings. The van der Waals surface area contributed by atoms with Crippen LogP contribution in [0.1, 0.15) is 23.5 Å². The molecule has 2 aromatic heterocycles. The number of hydrogen-bond acceptors (Lipinski definition) is 8. The van der Waals surface area contributed by atoms with Gasteiger partial charge in [0.15, 0.2) is 11.6 Å². The van der Waals surface area contributed by atoms with E-state index >= 15 is 0 Å². The first-order chi connectivity index (χ1) is 9.74. The van der Waals surface area contributed by atoms with E-state index in [4.69, 9.17) is 15.7 Å². The Hall–Kier alpha value is -2.18. The molecule has 0 fully saturated rings. The minimum atomic E-state index is 0.254. The zero-order chi connectivity index (χ0) is 14.4. The fourth-order valence-electron chi connectivity index (χ4n) is 1.67. The van der Waals surface area contributed by atoms with Gasteiger partial charge in [0, 0.05) is 25.2 Å². The van der Waals surface area contributed by atoms with Crippen LogP contribution in [0.25, 0.3) is 0 Å². The van der Waals surface area contributed by atoms with Gasteiger partial charge in [0.05, 0.1) is 5.69 Å². The van der Waals surface area contributed by atoms with Crippen LogP contribution in [0.4, 0.5) is 10.9 Å². The highest BCUT2D eigenvalue weighted by molar-refractivity contribution is 7.09. The first-order valence-electron chi connectivity index (χ1n) is 6.02. The number of anilines is 2. The van der Waals surface area contributed by atoms with Gasteiger partial charge < -0.3 is 15.8 Å². The van der Waals surface area contributed by atoms with E-state index in [0.29, 0.717) is 24.4 Å². The molecule has 0 aromatic carbocycles. The number of aryl methyl sites for hydroxylation is 1. The quantitative estimate of drug-likeness (QED) is 0.647. The van der Waals surface area contributed by atoms with Crippen LogP contribution in [0.2, 0.25) is 0 Å². The molecule has 4 N–H and O–H groups in total. The molecule has 9 heteroatoms. The summed E-state index contributed by atoms with van der Waals surface area (Å²) in [5, 5.41) is 19.5. The molecule has 2 aromatic rings. The lowest BCUT2D eigenvalue weighted by molar-refractivity contribution is 0.179. The predicted octanol–water partition coefficient (Wildman–Crippen LogP) is 0.906. The van der Waals surface area contributed by atoms with Crippen molar-refractivity contribution < 1.29 is 4.74 Å². The molecular weight excluding hydrogens is 278 g/mol. The average molecular weight is 293 g/mol. The summed E-state index contributed by atoms with van der Waals surface area (Å²) in [4.78, 5) is 4.26. The van der Waals surface area contributed by atoms with Crippen molar-refractivity contribution in [2.45, 2.75) is 19.4 Å². The fourth-order valence-corrected chi connectivity index (χ4v) is 2.27. The SMILES string of the molecule is COCc1nsc(NCCCc2[nH]nc(N)c2C#N)n1. The summed E-state index contributed by atoms with van der Waals surface area (Å²) in [6.45, 7) is 1.14. The second kappa shape index (κ2) is 6.83. The first-order valence-corrected chi connectivity index (χ1v) is 6.80. The molecule has 0 saturated carbocycles.